The Hall–Kier alpha value is -0.610. The van der Waals surface area contributed by atoms with E-state index >= 15 is 0 Å². The van der Waals surface area contributed by atoms with Gasteiger partial charge in [-0.3, -0.25) is 4.79 Å². The molecule has 0 radical (unpaired) electrons. The van der Waals surface area contributed by atoms with E-state index in [1.54, 1.807) is 0 Å². The van der Waals surface area contributed by atoms with Crippen molar-refractivity contribution in [2.24, 2.45) is 11.5 Å². The third kappa shape index (κ3) is 29.4. The van der Waals surface area contributed by atoms with Crippen LogP contribution in [0.25, 0.3) is 0 Å². The van der Waals surface area contributed by atoms with Crippen molar-refractivity contribution in [2.45, 2.75) is 110 Å². The quantitative estimate of drug-likeness (QED) is 0.315. The zero-order valence-corrected chi connectivity index (χ0v) is 16.2. The normalized spacial score (nSPS) is 10.3. The summed E-state index contributed by atoms with van der Waals surface area (Å²) in [7, 11) is 0. The van der Waals surface area contributed by atoms with Crippen LogP contribution in [0.3, 0.4) is 0 Å². The Morgan fingerprint density at radius 1 is 0.625 bits per heavy atom. The summed E-state index contributed by atoms with van der Waals surface area (Å²) in [5.74, 6) is -0.653. The minimum Gasteiger partial charge on any atom is -0.481 e. The molecular weight excluding hydrogens is 300 g/mol. The molecule has 0 aliphatic heterocycles. The molecule has 0 aliphatic carbocycles. The Labute approximate surface area is 150 Å². The van der Waals surface area contributed by atoms with E-state index in [0.717, 1.165) is 12.8 Å². The van der Waals surface area contributed by atoms with Gasteiger partial charge in [0.2, 0.25) is 0 Å². The average Bonchev–Trinajstić information content (AvgIpc) is 2.58. The van der Waals surface area contributed by atoms with E-state index < -0.39 is 5.97 Å². The maximum Gasteiger partial charge on any atom is 0.303 e. The Kier molecular flexibility index (Phi) is 26.3. The standard InChI is InChI=1S/C18H36O2.C2H8N2/c1-2-3-4-5-6-7-8-9-10-11-12-13-14-15-16-17-18(19)20;3-1-2-4/h2-17H2,1H3,(H,19,20);1-4H2. The number of aliphatic carboxylic acids is 1. The average molecular weight is 345 g/mol. The number of hydrogen-bond acceptors (Lipinski definition) is 3. The number of carbonyl (C=O) groups is 1. The van der Waals surface area contributed by atoms with E-state index in [4.69, 9.17) is 16.6 Å². The summed E-state index contributed by atoms with van der Waals surface area (Å²) in [6.07, 6.45) is 20.2. The first-order chi connectivity index (χ1) is 11.7. The second-order valence-corrected chi connectivity index (χ2v) is 6.67. The Balaban J connectivity index is 0. The van der Waals surface area contributed by atoms with Crippen molar-refractivity contribution >= 4 is 5.97 Å². The third-order valence-electron chi connectivity index (χ3n) is 4.16. The SMILES string of the molecule is CCCCCCCCCCCCCCCCCC(=O)O.NCCN. The monoisotopic (exact) mass is 344 g/mol. The van der Waals surface area contributed by atoms with Crippen molar-refractivity contribution in [1.82, 2.24) is 0 Å². The molecule has 0 saturated carbocycles. The van der Waals surface area contributed by atoms with Crippen molar-refractivity contribution in [3.8, 4) is 0 Å². The number of unbranched alkanes of at least 4 members (excludes halogenated alkanes) is 14. The highest BCUT2D eigenvalue weighted by atomic mass is 16.4. The molecule has 0 spiro atoms. The van der Waals surface area contributed by atoms with Crippen molar-refractivity contribution in [3.05, 3.63) is 0 Å². The Morgan fingerprint density at radius 2 is 0.917 bits per heavy atom. The second kappa shape index (κ2) is 24.6. The van der Waals surface area contributed by atoms with Gasteiger partial charge in [0.25, 0.3) is 0 Å². The summed E-state index contributed by atoms with van der Waals surface area (Å²) in [5.41, 5.74) is 9.81. The molecule has 0 saturated heterocycles. The highest BCUT2D eigenvalue weighted by molar-refractivity contribution is 5.66. The molecule has 0 amide bonds. The molecule has 4 heteroatoms. The number of carboxylic acid groups (broad SMARTS) is 1. The lowest BCUT2D eigenvalue weighted by Gasteiger charge is -2.03. The van der Waals surface area contributed by atoms with Crippen LogP contribution >= 0.6 is 0 Å². The van der Waals surface area contributed by atoms with Gasteiger partial charge >= 0.3 is 5.97 Å². The van der Waals surface area contributed by atoms with Crippen LogP contribution in [0, 0.1) is 0 Å². The van der Waals surface area contributed by atoms with Crippen LogP contribution in [-0.4, -0.2) is 24.2 Å². The Bertz CT molecular complexity index is 234. The van der Waals surface area contributed by atoms with Crippen LogP contribution in [0.2, 0.25) is 0 Å². The first kappa shape index (κ1) is 25.6. The van der Waals surface area contributed by atoms with Gasteiger partial charge in [0.1, 0.15) is 0 Å². The largest absolute Gasteiger partial charge is 0.481 e. The van der Waals surface area contributed by atoms with Crippen molar-refractivity contribution in [1.29, 1.82) is 0 Å². The zero-order valence-electron chi connectivity index (χ0n) is 16.2. The zero-order chi connectivity index (χ0) is 18.3. The van der Waals surface area contributed by atoms with Gasteiger partial charge in [-0.2, -0.15) is 0 Å². The minimum absolute atomic E-state index is 0.345. The first-order valence-electron chi connectivity index (χ1n) is 10.3. The molecule has 0 aliphatic rings. The summed E-state index contributed by atoms with van der Waals surface area (Å²) in [6, 6.07) is 0. The van der Waals surface area contributed by atoms with Crippen LogP contribution in [0.5, 0.6) is 0 Å². The van der Waals surface area contributed by atoms with E-state index in [1.807, 2.05) is 0 Å². The van der Waals surface area contributed by atoms with Crippen molar-refractivity contribution < 1.29 is 9.90 Å². The highest BCUT2D eigenvalue weighted by Crippen LogP contribution is 2.13. The lowest BCUT2D eigenvalue weighted by molar-refractivity contribution is -0.137. The molecule has 0 bridgehead atoms. The molecule has 0 aromatic heterocycles. The molecule has 24 heavy (non-hydrogen) atoms. The fourth-order valence-electron chi connectivity index (χ4n) is 2.65. The first-order valence-corrected chi connectivity index (χ1v) is 10.3. The molecule has 0 rings (SSSR count). The molecule has 0 fully saturated rings. The number of hydrogen-bond donors (Lipinski definition) is 3. The lowest BCUT2D eigenvalue weighted by atomic mass is 10.0. The Morgan fingerprint density at radius 3 is 1.17 bits per heavy atom. The van der Waals surface area contributed by atoms with Gasteiger partial charge in [-0.25, -0.2) is 0 Å². The molecular formula is C20H44N2O2. The molecule has 0 atom stereocenters. The summed E-state index contributed by atoms with van der Waals surface area (Å²) in [5, 5.41) is 8.52. The van der Waals surface area contributed by atoms with Crippen molar-refractivity contribution in [2.75, 3.05) is 13.1 Å². The van der Waals surface area contributed by atoms with Gasteiger partial charge < -0.3 is 16.6 Å². The topological polar surface area (TPSA) is 89.3 Å². The van der Waals surface area contributed by atoms with Gasteiger partial charge in [-0.1, -0.05) is 96.8 Å². The van der Waals surface area contributed by atoms with Gasteiger partial charge in [0, 0.05) is 19.5 Å². The molecule has 5 N–H and O–H groups in total. The van der Waals surface area contributed by atoms with Gasteiger partial charge in [0.15, 0.2) is 0 Å². The van der Waals surface area contributed by atoms with E-state index in [0.29, 0.717) is 19.5 Å². The van der Waals surface area contributed by atoms with E-state index in [-0.39, 0.29) is 0 Å². The molecule has 0 heterocycles. The van der Waals surface area contributed by atoms with E-state index in [2.05, 4.69) is 6.92 Å². The van der Waals surface area contributed by atoms with Gasteiger partial charge in [-0.15, -0.1) is 0 Å². The predicted octanol–water partition coefficient (Wildman–Crippen LogP) is 5.24. The van der Waals surface area contributed by atoms with Crippen LogP contribution in [-0.2, 0) is 4.79 Å². The molecule has 146 valence electrons. The van der Waals surface area contributed by atoms with Gasteiger partial charge in [0.05, 0.1) is 0 Å². The van der Waals surface area contributed by atoms with Crippen LogP contribution in [0.4, 0.5) is 0 Å². The van der Waals surface area contributed by atoms with Crippen LogP contribution < -0.4 is 11.5 Å². The second-order valence-electron chi connectivity index (χ2n) is 6.67. The molecule has 0 aromatic carbocycles. The van der Waals surface area contributed by atoms with Crippen LogP contribution in [0.15, 0.2) is 0 Å². The fourth-order valence-corrected chi connectivity index (χ4v) is 2.65. The molecule has 0 aromatic rings. The van der Waals surface area contributed by atoms with Gasteiger partial charge in [-0.05, 0) is 6.42 Å². The lowest BCUT2D eigenvalue weighted by Crippen LogP contribution is -2.11. The summed E-state index contributed by atoms with van der Waals surface area (Å²) in [4.78, 5) is 10.3. The summed E-state index contributed by atoms with van der Waals surface area (Å²) in [6.45, 7) is 3.46. The van der Waals surface area contributed by atoms with E-state index in [1.165, 1.54) is 83.5 Å². The molecule has 4 nitrogen and oxygen atoms in total. The summed E-state index contributed by atoms with van der Waals surface area (Å²) >= 11 is 0. The maximum absolute atomic E-state index is 10.3. The minimum atomic E-state index is -0.653. The number of nitrogens with two attached hydrogens (primary N) is 2. The smallest absolute Gasteiger partial charge is 0.303 e. The van der Waals surface area contributed by atoms with E-state index in [9.17, 15) is 4.79 Å². The molecule has 0 unspecified atom stereocenters. The van der Waals surface area contributed by atoms with Crippen molar-refractivity contribution in [3.63, 3.8) is 0 Å². The maximum atomic E-state index is 10.3. The summed E-state index contributed by atoms with van der Waals surface area (Å²) < 4.78 is 0. The number of rotatable bonds is 17. The van der Waals surface area contributed by atoms with Crippen LogP contribution in [0.1, 0.15) is 110 Å². The highest BCUT2D eigenvalue weighted by Gasteiger charge is 1.97. The predicted molar refractivity (Wildman–Crippen MR) is 105 cm³/mol. The number of carboxylic acids is 1. The third-order valence-corrected chi connectivity index (χ3v) is 4.16. The fraction of sp³-hybridized carbons (Fsp3) is 0.950.